The van der Waals surface area contributed by atoms with Crippen molar-refractivity contribution >= 4 is 17.7 Å². The van der Waals surface area contributed by atoms with Gasteiger partial charge in [-0.1, -0.05) is 41.6 Å². The van der Waals surface area contributed by atoms with E-state index in [1.54, 1.807) is 23.4 Å². The van der Waals surface area contributed by atoms with Crippen LogP contribution in [-0.2, 0) is 18.3 Å². The van der Waals surface area contributed by atoms with Crippen LogP contribution >= 0.6 is 11.8 Å². The Morgan fingerprint density at radius 3 is 2.48 bits per heavy atom. The molecule has 2 aromatic rings. The summed E-state index contributed by atoms with van der Waals surface area (Å²) in [6.45, 7) is 5.83. The number of aromatic nitrogens is 2. The monoisotopic (exact) mass is 413 g/mol. The van der Waals surface area contributed by atoms with Gasteiger partial charge in [0.15, 0.2) is 5.16 Å². The molecule has 0 unspecified atom stereocenters. The summed E-state index contributed by atoms with van der Waals surface area (Å²) in [6.07, 6.45) is 5.35. The molecule has 1 aromatic heterocycles. The van der Waals surface area contributed by atoms with Gasteiger partial charge in [-0.2, -0.15) is 0 Å². The van der Waals surface area contributed by atoms with Gasteiger partial charge >= 0.3 is 0 Å². The van der Waals surface area contributed by atoms with E-state index in [9.17, 15) is 9.59 Å². The zero-order valence-corrected chi connectivity index (χ0v) is 18.6. The number of thioether (sulfide) groups is 1. The molecule has 1 fully saturated rings. The summed E-state index contributed by atoms with van der Waals surface area (Å²) >= 11 is 1.60. The Morgan fingerprint density at radius 1 is 1.10 bits per heavy atom. The van der Waals surface area contributed by atoms with Gasteiger partial charge in [0.25, 0.3) is 5.56 Å². The van der Waals surface area contributed by atoms with E-state index in [2.05, 4.69) is 31.2 Å². The predicted molar refractivity (Wildman–Crippen MR) is 119 cm³/mol. The smallest absolute Gasteiger partial charge is 0.257 e. The Balaban J connectivity index is 1.54. The van der Waals surface area contributed by atoms with Gasteiger partial charge in [0, 0.05) is 50.0 Å². The van der Waals surface area contributed by atoms with Gasteiger partial charge < -0.3 is 4.90 Å². The van der Waals surface area contributed by atoms with E-state index in [0.717, 1.165) is 66.5 Å². The van der Waals surface area contributed by atoms with Crippen LogP contribution in [0.25, 0.3) is 0 Å². The molecule has 1 aliphatic heterocycles. The van der Waals surface area contributed by atoms with Gasteiger partial charge in [-0.15, -0.1) is 0 Å². The molecule has 0 bridgehead atoms. The van der Waals surface area contributed by atoms with E-state index in [1.807, 2.05) is 11.8 Å². The van der Waals surface area contributed by atoms with Crippen molar-refractivity contribution in [2.75, 3.05) is 18.8 Å². The molecule has 0 saturated carbocycles. The molecule has 1 amide bonds. The number of unbranched alkanes of at least 4 members (excludes halogenated alkanes) is 1. The zero-order valence-electron chi connectivity index (χ0n) is 17.7. The lowest BCUT2D eigenvalue weighted by Crippen LogP contribution is -2.27. The molecule has 1 aliphatic rings. The zero-order chi connectivity index (χ0) is 20.8. The normalized spacial score (nSPS) is 13.8. The first-order valence-electron chi connectivity index (χ1n) is 10.5. The Bertz CT molecular complexity index is 900. The second-order valence-corrected chi connectivity index (χ2v) is 8.94. The number of carbonyl (C=O) groups is 1. The van der Waals surface area contributed by atoms with Crippen LogP contribution in [0, 0.1) is 13.8 Å². The van der Waals surface area contributed by atoms with E-state index in [1.165, 1.54) is 5.56 Å². The molecule has 0 N–H and O–H groups in total. The fraction of sp³-hybridized carbons (Fsp3) is 0.522. The molecule has 6 heteroatoms. The number of aryl methyl sites for hydroxylation is 2. The summed E-state index contributed by atoms with van der Waals surface area (Å²) in [7, 11) is 1.80. The van der Waals surface area contributed by atoms with Crippen molar-refractivity contribution < 1.29 is 4.79 Å². The van der Waals surface area contributed by atoms with Crippen molar-refractivity contribution in [3.8, 4) is 0 Å². The van der Waals surface area contributed by atoms with Gasteiger partial charge in [0.2, 0.25) is 5.91 Å². The second kappa shape index (κ2) is 10.1. The highest BCUT2D eigenvalue weighted by atomic mass is 32.2. The van der Waals surface area contributed by atoms with E-state index in [-0.39, 0.29) is 11.5 Å². The van der Waals surface area contributed by atoms with E-state index >= 15 is 0 Å². The topological polar surface area (TPSA) is 55.2 Å². The molecule has 0 spiro atoms. The molecular formula is C23H31N3O2S. The van der Waals surface area contributed by atoms with Gasteiger partial charge in [-0.05, 0) is 45.1 Å². The van der Waals surface area contributed by atoms with Crippen LogP contribution in [0.1, 0.15) is 54.5 Å². The highest BCUT2D eigenvalue weighted by Gasteiger charge is 2.17. The summed E-state index contributed by atoms with van der Waals surface area (Å²) in [5, 5.41) is 0.756. The SMILES string of the molecule is Cc1ccc(Cc2c(C)nc(SCCCCC(=O)N3CCCC3)n(C)c2=O)cc1. The third-order valence-corrected chi connectivity index (χ3v) is 6.64. The number of hydrogen-bond acceptors (Lipinski definition) is 4. The summed E-state index contributed by atoms with van der Waals surface area (Å²) in [5.41, 5.74) is 3.94. The fourth-order valence-electron chi connectivity index (χ4n) is 3.64. The van der Waals surface area contributed by atoms with Crippen LogP contribution in [0.4, 0.5) is 0 Å². The van der Waals surface area contributed by atoms with Gasteiger partial charge in [0.1, 0.15) is 0 Å². The summed E-state index contributed by atoms with van der Waals surface area (Å²) < 4.78 is 1.66. The largest absolute Gasteiger partial charge is 0.343 e. The van der Waals surface area contributed by atoms with Crippen molar-refractivity contribution in [2.45, 2.75) is 57.5 Å². The maximum Gasteiger partial charge on any atom is 0.257 e. The maximum atomic E-state index is 12.9. The standard InChI is InChI=1S/C23H31N3O2S/c1-17-9-11-19(12-10-17)16-20-18(2)24-23(25(3)22(20)28)29-15-7-4-8-21(27)26-13-5-6-14-26/h9-12H,4-8,13-16H2,1-3H3. The molecule has 0 radical (unpaired) electrons. The van der Waals surface area contributed by atoms with E-state index in [4.69, 9.17) is 4.98 Å². The number of likely N-dealkylation sites (tertiary alicyclic amines) is 1. The number of rotatable bonds is 8. The minimum atomic E-state index is 0.0322. The van der Waals surface area contributed by atoms with Crippen molar-refractivity contribution in [2.24, 2.45) is 7.05 Å². The Hall–Kier alpha value is -2.08. The van der Waals surface area contributed by atoms with Crippen molar-refractivity contribution in [1.82, 2.24) is 14.5 Å². The highest BCUT2D eigenvalue weighted by Crippen LogP contribution is 2.19. The van der Waals surface area contributed by atoms with Gasteiger partial charge in [-0.3, -0.25) is 14.2 Å². The van der Waals surface area contributed by atoms with Crippen LogP contribution in [0.15, 0.2) is 34.2 Å². The second-order valence-electron chi connectivity index (χ2n) is 7.88. The number of hydrogen-bond donors (Lipinski definition) is 0. The Kier molecular flexibility index (Phi) is 7.53. The molecule has 1 saturated heterocycles. The molecule has 2 heterocycles. The molecule has 5 nitrogen and oxygen atoms in total. The summed E-state index contributed by atoms with van der Waals surface area (Å²) in [5.74, 6) is 1.15. The molecule has 3 rings (SSSR count). The molecule has 0 atom stereocenters. The third kappa shape index (κ3) is 5.72. The molecule has 29 heavy (non-hydrogen) atoms. The van der Waals surface area contributed by atoms with Crippen molar-refractivity contribution in [1.29, 1.82) is 0 Å². The molecular weight excluding hydrogens is 382 g/mol. The Morgan fingerprint density at radius 2 is 1.79 bits per heavy atom. The minimum Gasteiger partial charge on any atom is -0.343 e. The lowest BCUT2D eigenvalue weighted by molar-refractivity contribution is -0.130. The number of amides is 1. The van der Waals surface area contributed by atoms with Crippen LogP contribution in [-0.4, -0.2) is 39.2 Å². The quantitative estimate of drug-likeness (QED) is 0.374. The first-order valence-corrected chi connectivity index (χ1v) is 11.5. The van der Waals surface area contributed by atoms with Gasteiger partial charge in [-0.25, -0.2) is 4.98 Å². The van der Waals surface area contributed by atoms with Crippen molar-refractivity contribution in [3.63, 3.8) is 0 Å². The van der Waals surface area contributed by atoms with Crippen LogP contribution < -0.4 is 5.56 Å². The van der Waals surface area contributed by atoms with Crippen LogP contribution in [0.2, 0.25) is 0 Å². The van der Waals surface area contributed by atoms with E-state index in [0.29, 0.717) is 12.8 Å². The van der Waals surface area contributed by atoms with Gasteiger partial charge in [0.05, 0.1) is 0 Å². The molecule has 1 aromatic carbocycles. The average Bonchev–Trinajstić information content (AvgIpc) is 3.25. The number of nitrogens with zero attached hydrogens (tertiary/aromatic N) is 3. The predicted octanol–water partition coefficient (Wildman–Crippen LogP) is 3.87. The van der Waals surface area contributed by atoms with Crippen LogP contribution in [0.3, 0.4) is 0 Å². The lowest BCUT2D eigenvalue weighted by Gasteiger charge is -2.15. The minimum absolute atomic E-state index is 0.0322. The first-order chi connectivity index (χ1) is 14.0. The maximum absolute atomic E-state index is 12.9. The molecule has 0 aliphatic carbocycles. The fourth-order valence-corrected chi connectivity index (χ4v) is 4.65. The third-order valence-electron chi connectivity index (χ3n) is 5.53. The van der Waals surface area contributed by atoms with Crippen molar-refractivity contribution in [3.05, 3.63) is 57.0 Å². The average molecular weight is 414 g/mol. The Labute approximate surface area is 177 Å². The molecule has 156 valence electrons. The highest BCUT2D eigenvalue weighted by molar-refractivity contribution is 7.99. The lowest BCUT2D eigenvalue weighted by atomic mass is 10.0. The number of carbonyl (C=O) groups excluding carboxylic acids is 1. The van der Waals surface area contributed by atoms with Crippen LogP contribution in [0.5, 0.6) is 0 Å². The number of benzene rings is 1. The summed E-state index contributed by atoms with van der Waals surface area (Å²) in [6, 6.07) is 8.28. The first kappa shape index (κ1) is 21.6. The van der Waals surface area contributed by atoms with E-state index < -0.39 is 0 Å². The summed E-state index contributed by atoms with van der Waals surface area (Å²) in [4.78, 5) is 31.6.